The predicted molar refractivity (Wildman–Crippen MR) is 75.4 cm³/mol. The second-order valence-electron chi connectivity index (χ2n) is 5.08. The first-order chi connectivity index (χ1) is 8.21. The SMILES string of the molecule is Cc1ccc(S(=O)(=O)OCC#C[Si](C)(C)C)cc1. The summed E-state index contributed by atoms with van der Waals surface area (Å²) in [6.07, 6.45) is 0. The molecule has 0 amide bonds. The second-order valence-corrected chi connectivity index (χ2v) is 11.4. The Balaban J connectivity index is 2.71. The third-order valence-corrected chi connectivity index (χ3v) is 4.26. The van der Waals surface area contributed by atoms with Gasteiger partial charge in [-0.3, -0.25) is 4.18 Å². The van der Waals surface area contributed by atoms with Crippen molar-refractivity contribution in [3.8, 4) is 11.5 Å². The molecule has 0 radical (unpaired) electrons. The maximum Gasteiger partial charge on any atom is 0.297 e. The third-order valence-electron chi connectivity index (χ3n) is 2.06. The molecule has 1 aromatic carbocycles. The minimum absolute atomic E-state index is 0.0829. The Kier molecular flexibility index (Phi) is 4.74. The fourth-order valence-electron chi connectivity index (χ4n) is 1.18. The fourth-order valence-corrected chi connectivity index (χ4v) is 2.60. The van der Waals surface area contributed by atoms with Gasteiger partial charge >= 0.3 is 0 Å². The zero-order valence-corrected chi connectivity index (χ0v) is 13.0. The van der Waals surface area contributed by atoms with E-state index < -0.39 is 18.2 Å². The van der Waals surface area contributed by atoms with E-state index >= 15 is 0 Å². The molecule has 0 unspecified atom stereocenters. The number of aryl methyl sites for hydroxylation is 1. The van der Waals surface area contributed by atoms with E-state index in [1.165, 1.54) is 12.1 Å². The quantitative estimate of drug-likeness (QED) is 0.486. The van der Waals surface area contributed by atoms with E-state index in [2.05, 4.69) is 31.1 Å². The van der Waals surface area contributed by atoms with Crippen LogP contribution in [0, 0.1) is 18.4 Å². The average molecular weight is 282 g/mol. The van der Waals surface area contributed by atoms with Crippen molar-refractivity contribution < 1.29 is 12.6 Å². The van der Waals surface area contributed by atoms with Crippen LogP contribution in [0.1, 0.15) is 5.56 Å². The van der Waals surface area contributed by atoms with Crippen molar-refractivity contribution in [3.05, 3.63) is 29.8 Å². The van der Waals surface area contributed by atoms with Gasteiger partial charge in [-0.1, -0.05) is 43.3 Å². The molecule has 0 N–H and O–H groups in total. The highest BCUT2D eigenvalue weighted by Gasteiger charge is 2.14. The van der Waals surface area contributed by atoms with Gasteiger partial charge in [-0.25, -0.2) is 0 Å². The van der Waals surface area contributed by atoms with Crippen LogP contribution in [-0.4, -0.2) is 23.1 Å². The largest absolute Gasteiger partial charge is 0.297 e. The van der Waals surface area contributed by atoms with E-state index in [4.69, 9.17) is 4.18 Å². The van der Waals surface area contributed by atoms with E-state index in [1.54, 1.807) is 12.1 Å². The predicted octanol–water partition coefficient (Wildman–Crippen LogP) is 2.58. The first-order valence-electron chi connectivity index (χ1n) is 5.67. The number of hydrogen-bond donors (Lipinski definition) is 0. The van der Waals surface area contributed by atoms with Gasteiger partial charge < -0.3 is 0 Å². The molecule has 0 aliphatic carbocycles. The topological polar surface area (TPSA) is 43.4 Å². The van der Waals surface area contributed by atoms with Crippen LogP contribution in [0.2, 0.25) is 19.6 Å². The molecule has 0 aromatic heterocycles. The maximum atomic E-state index is 11.8. The molecule has 0 aliphatic rings. The summed E-state index contributed by atoms with van der Waals surface area (Å²) in [4.78, 5) is 0.169. The van der Waals surface area contributed by atoms with Crippen molar-refractivity contribution in [2.45, 2.75) is 31.5 Å². The van der Waals surface area contributed by atoms with Crippen molar-refractivity contribution in [1.82, 2.24) is 0 Å². The molecule has 0 spiro atoms. The van der Waals surface area contributed by atoms with Crippen LogP contribution in [-0.2, 0) is 14.3 Å². The molecule has 18 heavy (non-hydrogen) atoms. The molecule has 0 atom stereocenters. The Bertz CT molecular complexity index is 557. The Morgan fingerprint density at radius 1 is 1.17 bits per heavy atom. The van der Waals surface area contributed by atoms with E-state index in [0.29, 0.717) is 0 Å². The summed E-state index contributed by atoms with van der Waals surface area (Å²) in [7, 11) is -5.16. The zero-order chi connectivity index (χ0) is 13.8. The fraction of sp³-hybridized carbons (Fsp3) is 0.385. The minimum atomic E-state index is -3.68. The van der Waals surface area contributed by atoms with Crippen LogP contribution in [0.25, 0.3) is 0 Å². The Labute approximate surface area is 110 Å². The molecular weight excluding hydrogens is 264 g/mol. The van der Waals surface area contributed by atoms with Crippen LogP contribution in [0.5, 0.6) is 0 Å². The molecule has 0 saturated heterocycles. The highest BCUT2D eigenvalue weighted by Crippen LogP contribution is 2.12. The lowest BCUT2D eigenvalue weighted by Crippen LogP contribution is -2.17. The van der Waals surface area contributed by atoms with Gasteiger partial charge in [0.05, 0.1) is 4.90 Å². The van der Waals surface area contributed by atoms with Crippen molar-refractivity contribution in [2.75, 3.05) is 6.61 Å². The van der Waals surface area contributed by atoms with Crippen LogP contribution >= 0.6 is 0 Å². The lowest BCUT2D eigenvalue weighted by atomic mass is 10.2. The Morgan fingerprint density at radius 3 is 2.22 bits per heavy atom. The third kappa shape index (κ3) is 5.04. The monoisotopic (exact) mass is 282 g/mol. The number of benzene rings is 1. The summed E-state index contributed by atoms with van der Waals surface area (Å²) < 4.78 is 28.5. The van der Waals surface area contributed by atoms with Crippen LogP contribution < -0.4 is 0 Å². The molecule has 0 heterocycles. The summed E-state index contributed by atoms with van der Waals surface area (Å²) in [5, 5.41) is 0. The molecule has 0 aliphatic heterocycles. The molecule has 98 valence electrons. The van der Waals surface area contributed by atoms with Crippen LogP contribution in [0.4, 0.5) is 0 Å². The summed E-state index contributed by atoms with van der Waals surface area (Å²) in [6, 6.07) is 6.56. The Morgan fingerprint density at radius 2 is 1.72 bits per heavy atom. The summed E-state index contributed by atoms with van der Waals surface area (Å²) in [5.41, 5.74) is 4.06. The minimum Gasteiger partial charge on any atom is -0.253 e. The number of hydrogen-bond acceptors (Lipinski definition) is 3. The molecule has 3 nitrogen and oxygen atoms in total. The first-order valence-corrected chi connectivity index (χ1v) is 10.6. The first kappa shape index (κ1) is 15.0. The average Bonchev–Trinajstić information content (AvgIpc) is 2.24. The zero-order valence-electron chi connectivity index (χ0n) is 11.1. The Hall–Kier alpha value is -1.09. The van der Waals surface area contributed by atoms with Gasteiger partial charge in [0.15, 0.2) is 0 Å². The lowest BCUT2D eigenvalue weighted by molar-refractivity contribution is 0.363. The van der Waals surface area contributed by atoms with Crippen molar-refractivity contribution in [2.24, 2.45) is 0 Å². The van der Waals surface area contributed by atoms with Gasteiger partial charge in [0, 0.05) is 0 Å². The van der Waals surface area contributed by atoms with E-state index in [0.717, 1.165) is 5.56 Å². The molecule has 0 bridgehead atoms. The van der Waals surface area contributed by atoms with Crippen molar-refractivity contribution in [3.63, 3.8) is 0 Å². The van der Waals surface area contributed by atoms with Crippen LogP contribution in [0.3, 0.4) is 0 Å². The van der Waals surface area contributed by atoms with Gasteiger partial charge in [0.2, 0.25) is 0 Å². The normalized spacial score (nSPS) is 11.8. The van der Waals surface area contributed by atoms with Gasteiger partial charge in [-0.05, 0) is 19.1 Å². The van der Waals surface area contributed by atoms with E-state index in [1.807, 2.05) is 6.92 Å². The molecular formula is C13H18O3SSi. The second kappa shape index (κ2) is 5.70. The maximum absolute atomic E-state index is 11.8. The summed E-state index contributed by atoms with van der Waals surface area (Å²) >= 11 is 0. The summed E-state index contributed by atoms with van der Waals surface area (Å²) in [5.74, 6) is 2.77. The molecule has 1 aromatic rings. The molecule has 5 heteroatoms. The molecule has 1 rings (SSSR count). The number of rotatable bonds is 3. The van der Waals surface area contributed by atoms with Crippen molar-refractivity contribution in [1.29, 1.82) is 0 Å². The van der Waals surface area contributed by atoms with Gasteiger partial charge in [0.25, 0.3) is 10.1 Å². The highest BCUT2D eigenvalue weighted by molar-refractivity contribution is 7.86. The molecule has 0 saturated carbocycles. The standard InChI is InChI=1S/C13H18O3SSi/c1-12-6-8-13(9-7-12)17(14,15)16-10-5-11-18(2,3)4/h6-9H,10H2,1-4H3. The molecule has 0 fully saturated rings. The van der Waals surface area contributed by atoms with Crippen molar-refractivity contribution >= 4 is 18.2 Å². The van der Waals surface area contributed by atoms with Gasteiger partial charge in [0.1, 0.15) is 14.7 Å². The smallest absolute Gasteiger partial charge is 0.253 e. The lowest BCUT2D eigenvalue weighted by Gasteiger charge is -2.05. The summed E-state index contributed by atoms with van der Waals surface area (Å²) in [6.45, 7) is 8.09. The van der Waals surface area contributed by atoms with E-state index in [-0.39, 0.29) is 11.5 Å². The highest BCUT2D eigenvalue weighted by atomic mass is 32.2. The van der Waals surface area contributed by atoms with Crippen LogP contribution in [0.15, 0.2) is 29.2 Å². The van der Waals surface area contributed by atoms with Gasteiger partial charge in [-0.15, -0.1) is 5.54 Å². The van der Waals surface area contributed by atoms with Gasteiger partial charge in [-0.2, -0.15) is 8.42 Å². The van der Waals surface area contributed by atoms with E-state index in [9.17, 15) is 8.42 Å².